The van der Waals surface area contributed by atoms with E-state index in [9.17, 15) is 9.59 Å². The third kappa shape index (κ3) is 7.43. The molecule has 0 saturated heterocycles. The predicted octanol–water partition coefficient (Wildman–Crippen LogP) is 0.278. The summed E-state index contributed by atoms with van der Waals surface area (Å²) in [5, 5.41) is 2.01. The summed E-state index contributed by atoms with van der Waals surface area (Å²) in [5.74, 6) is -0.145. The molecule has 0 unspecified atom stereocenters. The van der Waals surface area contributed by atoms with Crippen LogP contribution in [0.15, 0.2) is 0 Å². The van der Waals surface area contributed by atoms with E-state index in [1.807, 2.05) is 0 Å². The molecule has 0 aromatic heterocycles. The lowest BCUT2D eigenvalue weighted by atomic mass is 10.4. The molecule has 1 N–H and O–H groups in total. The second-order valence-electron chi connectivity index (χ2n) is 1.59. The highest BCUT2D eigenvalue weighted by Gasteiger charge is 1.94. The second kappa shape index (κ2) is 4.32. The normalized spacial score (nSPS) is 8.67. The van der Waals surface area contributed by atoms with E-state index in [4.69, 9.17) is 11.6 Å². The van der Waals surface area contributed by atoms with Gasteiger partial charge in [0.25, 0.3) is 0 Å². The zero-order chi connectivity index (χ0) is 7.28. The number of rotatable bonds is 3. The molecule has 0 atom stereocenters. The maximum Gasteiger partial charge on any atom is 0.223 e. The average molecular weight is 150 g/mol. The van der Waals surface area contributed by atoms with Gasteiger partial charge in [-0.1, -0.05) is 0 Å². The standard InChI is InChI=1S/C5H8ClNO2/c1-4(8)7-3-2-5(6)9/h2-3H2,1H3,(H,7,8). The first kappa shape index (κ1) is 8.43. The first-order valence-electron chi connectivity index (χ1n) is 2.55. The van der Waals surface area contributed by atoms with Gasteiger partial charge in [-0.05, 0) is 11.6 Å². The van der Waals surface area contributed by atoms with Gasteiger partial charge in [-0.2, -0.15) is 0 Å². The van der Waals surface area contributed by atoms with Crippen molar-refractivity contribution in [1.82, 2.24) is 5.32 Å². The summed E-state index contributed by atoms with van der Waals surface area (Å²) in [7, 11) is 0. The van der Waals surface area contributed by atoms with Crippen LogP contribution in [0.2, 0.25) is 0 Å². The molecule has 0 aliphatic heterocycles. The maximum absolute atomic E-state index is 10.2. The summed E-state index contributed by atoms with van der Waals surface area (Å²) in [6.45, 7) is 1.72. The molecule has 0 spiro atoms. The minimum absolute atomic E-state index is 0.145. The molecule has 0 aromatic carbocycles. The van der Waals surface area contributed by atoms with Gasteiger partial charge in [-0.25, -0.2) is 0 Å². The van der Waals surface area contributed by atoms with Gasteiger partial charge < -0.3 is 5.32 Å². The molecule has 3 nitrogen and oxygen atoms in total. The number of amides is 1. The highest BCUT2D eigenvalue weighted by Crippen LogP contribution is 1.84. The molecular weight excluding hydrogens is 142 g/mol. The van der Waals surface area contributed by atoms with Crippen LogP contribution in [0.4, 0.5) is 0 Å². The molecule has 0 bridgehead atoms. The van der Waals surface area contributed by atoms with Crippen LogP contribution in [0, 0.1) is 0 Å². The number of hydrogen-bond acceptors (Lipinski definition) is 2. The van der Waals surface area contributed by atoms with Gasteiger partial charge in [-0.15, -0.1) is 0 Å². The Morgan fingerprint density at radius 3 is 2.44 bits per heavy atom. The van der Waals surface area contributed by atoms with Crippen molar-refractivity contribution in [2.75, 3.05) is 6.54 Å². The number of carbonyl (C=O) groups excluding carboxylic acids is 2. The Hall–Kier alpha value is -0.570. The lowest BCUT2D eigenvalue weighted by Crippen LogP contribution is -2.21. The van der Waals surface area contributed by atoms with Gasteiger partial charge in [0.1, 0.15) is 0 Å². The third-order valence-corrected chi connectivity index (χ3v) is 0.884. The topological polar surface area (TPSA) is 46.2 Å². The van der Waals surface area contributed by atoms with E-state index in [0.717, 1.165) is 0 Å². The van der Waals surface area contributed by atoms with Gasteiger partial charge in [0.2, 0.25) is 11.1 Å². The lowest BCUT2D eigenvalue weighted by molar-refractivity contribution is -0.119. The highest BCUT2D eigenvalue weighted by molar-refractivity contribution is 6.63. The van der Waals surface area contributed by atoms with Crippen molar-refractivity contribution in [3.63, 3.8) is 0 Å². The molecule has 0 aromatic rings. The number of hydrogen-bond donors (Lipinski definition) is 1. The number of halogens is 1. The van der Waals surface area contributed by atoms with Gasteiger partial charge in [0, 0.05) is 19.9 Å². The largest absolute Gasteiger partial charge is 0.356 e. The Labute approximate surface area is 58.4 Å². The summed E-state index contributed by atoms with van der Waals surface area (Å²) < 4.78 is 0. The molecule has 4 heteroatoms. The Morgan fingerprint density at radius 1 is 1.56 bits per heavy atom. The van der Waals surface area contributed by atoms with Crippen LogP contribution in [0.5, 0.6) is 0 Å². The smallest absolute Gasteiger partial charge is 0.223 e. The summed E-state index contributed by atoms with van der Waals surface area (Å²) in [6, 6.07) is 0. The van der Waals surface area contributed by atoms with E-state index in [0.29, 0.717) is 6.54 Å². The van der Waals surface area contributed by atoms with Crippen molar-refractivity contribution in [1.29, 1.82) is 0 Å². The van der Waals surface area contributed by atoms with Crippen LogP contribution in [0.3, 0.4) is 0 Å². The zero-order valence-electron chi connectivity index (χ0n) is 5.11. The van der Waals surface area contributed by atoms with E-state index in [-0.39, 0.29) is 12.3 Å². The molecule has 0 saturated carbocycles. The summed E-state index contributed by atoms with van der Waals surface area (Å²) in [4.78, 5) is 20.2. The minimum Gasteiger partial charge on any atom is -0.356 e. The predicted molar refractivity (Wildman–Crippen MR) is 34.2 cm³/mol. The van der Waals surface area contributed by atoms with Gasteiger partial charge in [0.05, 0.1) is 0 Å². The first-order valence-corrected chi connectivity index (χ1v) is 2.93. The van der Waals surface area contributed by atoms with E-state index >= 15 is 0 Å². The number of nitrogens with one attached hydrogen (secondary N) is 1. The summed E-state index contributed by atoms with van der Waals surface area (Å²) in [6.07, 6.45) is 0.196. The van der Waals surface area contributed by atoms with Crippen molar-refractivity contribution < 1.29 is 9.59 Å². The van der Waals surface area contributed by atoms with E-state index in [2.05, 4.69) is 5.32 Å². The Kier molecular flexibility index (Phi) is 4.05. The molecular formula is C5H8ClNO2. The van der Waals surface area contributed by atoms with Crippen LogP contribution in [-0.2, 0) is 9.59 Å². The molecule has 0 heterocycles. The summed E-state index contributed by atoms with van der Waals surface area (Å²) >= 11 is 4.97. The van der Waals surface area contributed by atoms with Crippen molar-refractivity contribution in [2.24, 2.45) is 0 Å². The van der Waals surface area contributed by atoms with Crippen LogP contribution in [0.1, 0.15) is 13.3 Å². The molecule has 9 heavy (non-hydrogen) atoms. The van der Waals surface area contributed by atoms with Crippen molar-refractivity contribution in [3.8, 4) is 0 Å². The number of carbonyl (C=O) groups is 2. The molecule has 0 rings (SSSR count). The second-order valence-corrected chi connectivity index (χ2v) is 2.01. The average Bonchev–Trinajstić information content (AvgIpc) is 1.63. The van der Waals surface area contributed by atoms with Crippen molar-refractivity contribution in [2.45, 2.75) is 13.3 Å². The first-order chi connectivity index (χ1) is 4.13. The Balaban J connectivity index is 3.10. The Bertz CT molecular complexity index is 110. The van der Waals surface area contributed by atoms with Gasteiger partial charge >= 0.3 is 0 Å². The third-order valence-electron chi connectivity index (χ3n) is 0.695. The van der Waals surface area contributed by atoms with Crippen molar-refractivity contribution in [3.05, 3.63) is 0 Å². The zero-order valence-corrected chi connectivity index (χ0v) is 5.86. The van der Waals surface area contributed by atoms with Crippen LogP contribution in [-0.4, -0.2) is 17.7 Å². The van der Waals surface area contributed by atoms with Gasteiger partial charge in [0.15, 0.2) is 0 Å². The fourth-order valence-corrected chi connectivity index (χ4v) is 0.431. The van der Waals surface area contributed by atoms with Crippen LogP contribution >= 0.6 is 11.6 Å². The van der Waals surface area contributed by atoms with E-state index in [1.165, 1.54) is 6.92 Å². The lowest BCUT2D eigenvalue weighted by Gasteiger charge is -1.95. The molecule has 0 aliphatic rings. The molecule has 0 radical (unpaired) electrons. The van der Waals surface area contributed by atoms with Gasteiger partial charge in [-0.3, -0.25) is 9.59 Å². The fourth-order valence-electron chi connectivity index (χ4n) is 0.337. The van der Waals surface area contributed by atoms with Crippen LogP contribution in [0.25, 0.3) is 0 Å². The minimum atomic E-state index is -0.427. The maximum atomic E-state index is 10.2. The SMILES string of the molecule is CC(=O)NCCC(=O)Cl. The fraction of sp³-hybridized carbons (Fsp3) is 0.600. The quantitative estimate of drug-likeness (QED) is 0.586. The monoisotopic (exact) mass is 149 g/mol. The van der Waals surface area contributed by atoms with E-state index < -0.39 is 5.24 Å². The van der Waals surface area contributed by atoms with Crippen LogP contribution < -0.4 is 5.32 Å². The van der Waals surface area contributed by atoms with E-state index in [1.54, 1.807) is 0 Å². The molecule has 1 amide bonds. The van der Waals surface area contributed by atoms with Crippen molar-refractivity contribution >= 4 is 22.8 Å². The molecule has 0 aliphatic carbocycles. The molecule has 0 fully saturated rings. The summed E-state index contributed by atoms with van der Waals surface area (Å²) in [5.41, 5.74) is 0. The highest BCUT2D eigenvalue weighted by atomic mass is 35.5. The Morgan fingerprint density at radius 2 is 2.11 bits per heavy atom. The molecule has 52 valence electrons.